The molecule has 0 saturated carbocycles. The van der Waals surface area contributed by atoms with Gasteiger partial charge < -0.3 is 20.9 Å². The zero-order valence-electron chi connectivity index (χ0n) is 25.9. The van der Waals surface area contributed by atoms with Gasteiger partial charge in [0.2, 0.25) is 5.91 Å². The van der Waals surface area contributed by atoms with E-state index in [2.05, 4.69) is 81.5 Å². The molecule has 0 radical (unpaired) electrons. The third-order valence-corrected chi connectivity index (χ3v) is 8.80. The topological polar surface area (TPSA) is 117 Å². The molecular formula is C36H41N5O4. The molecule has 2 aliphatic heterocycles. The average Bonchev–Trinajstić information content (AvgIpc) is 3.07. The van der Waals surface area contributed by atoms with Gasteiger partial charge in [-0.3, -0.25) is 19.7 Å². The van der Waals surface area contributed by atoms with Crippen LogP contribution < -0.4 is 16.0 Å². The highest BCUT2D eigenvalue weighted by Gasteiger charge is 2.37. The first-order valence-electron chi connectivity index (χ1n) is 15.6. The van der Waals surface area contributed by atoms with E-state index in [4.69, 9.17) is 0 Å². The number of carbonyl (C=O) groups excluding carboxylic acids is 2. The van der Waals surface area contributed by atoms with Gasteiger partial charge in [-0.15, -0.1) is 0 Å². The number of piperidine rings is 1. The van der Waals surface area contributed by atoms with E-state index in [1.54, 1.807) is 24.4 Å². The fourth-order valence-corrected chi connectivity index (χ4v) is 6.38. The second kappa shape index (κ2) is 14.3. The minimum atomic E-state index is -0.431. The standard InChI is InChI=1S/C36H41N5O4/c1-26(2)38-34(42)31-14-9-22-37-33(31)35(43)39-32(27-15-17-30(18-16-27)41(44)45)19-23-40-24-20-36(21-25-40,28-10-5-3-6-11-28)29-12-7-4-8-13-29/h3-13,15-18,22,26,32,37H,14,19-21,23-25H2,1-2H3,(H,38,42)(H,39,43). The number of hydrogen-bond acceptors (Lipinski definition) is 6. The number of non-ortho nitro benzene ring substituents is 1. The van der Waals surface area contributed by atoms with Crippen molar-refractivity contribution in [2.24, 2.45) is 0 Å². The monoisotopic (exact) mass is 607 g/mol. The number of hydrogen-bond donors (Lipinski definition) is 3. The summed E-state index contributed by atoms with van der Waals surface area (Å²) in [5, 5.41) is 20.3. The van der Waals surface area contributed by atoms with Crippen LogP contribution in [-0.2, 0) is 15.0 Å². The lowest BCUT2D eigenvalue weighted by Gasteiger charge is -2.43. The SMILES string of the molecule is CC(C)NC(=O)C1=C(C(=O)NC(CCN2CCC(c3ccccc3)(c3ccccc3)CC2)c2ccc([N+](=O)[O-])cc2)NC=CC1. The summed E-state index contributed by atoms with van der Waals surface area (Å²) >= 11 is 0. The van der Waals surface area contributed by atoms with E-state index in [0.717, 1.165) is 38.0 Å². The predicted octanol–water partition coefficient (Wildman–Crippen LogP) is 5.51. The van der Waals surface area contributed by atoms with Crippen LogP contribution in [0.1, 0.15) is 62.3 Å². The van der Waals surface area contributed by atoms with Crippen LogP contribution in [0.3, 0.4) is 0 Å². The molecule has 2 amide bonds. The van der Waals surface area contributed by atoms with Crippen LogP contribution >= 0.6 is 0 Å². The summed E-state index contributed by atoms with van der Waals surface area (Å²) < 4.78 is 0. The van der Waals surface area contributed by atoms with Crippen LogP contribution in [0.4, 0.5) is 5.69 Å². The van der Waals surface area contributed by atoms with Crippen LogP contribution in [0.2, 0.25) is 0 Å². The molecule has 3 N–H and O–H groups in total. The first-order valence-corrected chi connectivity index (χ1v) is 15.6. The number of nitro groups is 1. The van der Waals surface area contributed by atoms with E-state index < -0.39 is 11.0 Å². The van der Waals surface area contributed by atoms with Crippen molar-refractivity contribution in [2.45, 2.75) is 57.0 Å². The van der Waals surface area contributed by atoms with Crippen molar-refractivity contribution >= 4 is 17.5 Å². The molecule has 1 unspecified atom stereocenters. The first-order chi connectivity index (χ1) is 21.8. The van der Waals surface area contributed by atoms with Crippen molar-refractivity contribution < 1.29 is 14.5 Å². The highest BCUT2D eigenvalue weighted by atomic mass is 16.6. The smallest absolute Gasteiger partial charge is 0.269 e. The number of amides is 2. The van der Waals surface area contributed by atoms with E-state index in [0.29, 0.717) is 18.4 Å². The van der Waals surface area contributed by atoms with Gasteiger partial charge in [-0.2, -0.15) is 0 Å². The Bertz CT molecular complexity index is 1500. The molecule has 9 nitrogen and oxygen atoms in total. The molecule has 9 heteroatoms. The number of nitrogens with one attached hydrogen (secondary N) is 3. The molecule has 2 aliphatic rings. The van der Waals surface area contributed by atoms with Gasteiger partial charge in [0.15, 0.2) is 0 Å². The van der Waals surface area contributed by atoms with Gasteiger partial charge in [0.25, 0.3) is 11.6 Å². The molecule has 2 heterocycles. The van der Waals surface area contributed by atoms with Crippen molar-refractivity contribution in [3.8, 4) is 0 Å². The maximum absolute atomic E-state index is 13.6. The van der Waals surface area contributed by atoms with Crippen LogP contribution in [0.15, 0.2) is 108 Å². The maximum Gasteiger partial charge on any atom is 0.269 e. The minimum Gasteiger partial charge on any atom is -0.357 e. The lowest BCUT2D eigenvalue weighted by molar-refractivity contribution is -0.384. The van der Waals surface area contributed by atoms with Crippen molar-refractivity contribution in [3.63, 3.8) is 0 Å². The summed E-state index contributed by atoms with van der Waals surface area (Å²) in [6.45, 7) is 6.26. The van der Waals surface area contributed by atoms with Crippen molar-refractivity contribution in [3.05, 3.63) is 135 Å². The summed E-state index contributed by atoms with van der Waals surface area (Å²) in [4.78, 5) is 39.8. The highest BCUT2D eigenvalue weighted by Crippen LogP contribution is 2.41. The van der Waals surface area contributed by atoms with Gasteiger partial charge in [-0.05, 0) is 75.5 Å². The normalized spacial score (nSPS) is 17.0. The Morgan fingerprint density at radius 2 is 1.49 bits per heavy atom. The maximum atomic E-state index is 13.6. The van der Waals surface area contributed by atoms with Gasteiger partial charge in [0, 0.05) is 35.7 Å². The zero-order valence-corrected chi connectivity index (χ0v) is 25.9. The molecule has 0 aliphatic carbocycles. The molecule has 3 aromatic carbocycles. The number of allylic oxidation sites excluding steroid dienone is 1. The molecule has 1 fully saturated rings. The minimum absolute atomic E-state index is 0.00698. The molecule has 1 saturated heterocycles. The quantitative estimate of drug-likeness (QED) is 0.196. The number of carbonyl (C=O) groups is 2. The summed E-state index contributed by atoms with van der Waals surface area (Å²) in [7, 11) is 0. The molecule has 234 valence electrons. The van der Waals surface area contributed by atoms with Crippen LogP contribution in [0, 0.1) is 10.1 Å². The Hall–Kier alpha value is -4.76. The lowest BCUT2D eigenvalue weighted by Crippen LogP contribution is -2.44. The second-order valence-corrected chi connectivity index (χ2v) is 12.1. The van der Waals surface area contributed by atoms with Gasteiger partial charge >= 0.3 is 0 Å². The third kappa shape index (κ3) is 7.49. The molecule has 5 rings (SSSR count). The summed E-state index contributed by atoms with van der Waals surface area (Å²) in [5.74, 6) is -0.671. The number of benzene rings is 3. The summed E-state index contributed by atoms with van der Waals surface area (Å²) in [6.07, 6.45) is 6.35. The number of nitrogens with zero attached hydrogens (tertiary/aromatic N) is 2. The molecule has 3 aromatic rings. The lowest BCUT2D eigenvalue weighted by atomic mass is 9.68. The Kier molecular flexibility index (Phi) is 10.1. The van der Waals surface area contributed by atoms with Crippen LogP contribution in [0.5, 0.6) is 0 Å². The molecule has 0 aromatic heterocycles. The number of nitro benzene ring substituents is 1. The van der Waals surface area contributed by atoms with E-state index in [1.807, 2.05) is 13.8 Å². The Balaban J connectivity index is 1.33. The Morgan fingerprint density at radius 1 is 0.889 bits per heavy atom. The van der Waals surface area contributed by atoms with Gasteiger partial charge in [0.1, 0.15) is 5.70 Å². The molecule has 45 heavy (non-hydrogen) atoms. The fourth-order valence-electron chi connectivity index (χ4n) is 6.38. The number of dihydropyridines is 1. The summed E-state index contributed by atoms with van der Waals surface area (Å²) in [5.41, 5.74) is 3.95. The van der Waals surface area contributed by atoms with Crippen molar-refractivity contribution in [1.29, 1.82) is 0 Å². The largest absolute Gasteiger partial charge is 0.357 e. The number of rotatable bonds is 11. The van der Waals surface area contributed by atoms with Crippen LogP contribution in [0.25, 0.3) is 0 Å². The van der Waals surface area contributed by atoms with Crippen molar-refractivity contribution in [1.82, 2.24) is 20.9 Å². The van der Waals surface area contributed by atoms with E-state index >= 15 is 0 Å². The molecule has 0 bridgehead atoms. The molecule has 0 spiro atoms. The van der Waals surface area contributed by atoms with E-state index in [1.165, 1.54) is 23.3 Å². The second-order valence-electron chi connectivity index (χ2n) is 12.1. The Morgan fingerprint density at radius 3 is 2.04 bits per heavy atom. The average molecular weight is 608 g/mol. The van der Waals surface area contributed by atoms with Gasteiger partial charge in [-0.1, -0.05) is 78.9 Å². The zero-order chi connectivity index (χ0) is 31.8. The van der Waals surface area contributed by atoms with Crippen LogP contribution in [-0.4, -0.2) is 47.3 Å². The van der Waals surface area contributed by atoms with E-state index in [-0.39, 0.29) is 34.7 Å². The molecule has 1 atom stereocenters. The van der Waals surface area contributed by atoms with Gasteiger partial charge in [-0.25, -0.2) is 0 Å². The Labute approximate surface area is 264 Å². The highest BCUT2D eigenvalue weighted by molar-refractivity contribution is 6.05. The first kappa shape index (κ1) is 31.7. The van der Waals surface area contributed by atoms with Crippen molar-refractivity contribution in [2.75, 3.05) is 19.6 Å². The number of likely N-dealkylation sites (tertiary alicyclic amines) is 1. The summed E-state index contributed by atoms with van der Waals surface area (Å²) in [6, 6.07) is 27.3. The van der Waals surface area contributed by atoms with Gasteiger partial charge in [0.05, 0.1) is 11.0 Å². The molecular weight excluding hydrogens is 566 g/mol. The third-order valence-electron chi connectivity index (χ3n) is 8.80. The predicted molar refractivity (Wildman–Crippen MR) is 175 cm³/mol. The van der Waals surface area contributed by atoms with E-state index in [9.17, 15) is 19.7 Å². The fraction of sp³-hybridized carbons (Fsp3) is 0.333.